The number of hydrogen-bond donors (Lipinski definition) is 2. The number of aliphatic carboxylic acids is 2. The minimum atomic E-state index is -4.28. The number of unbranched alkanes of at least 4 members (excludes halogenated alkanes) is 10. The maximum Gasteiger partial charge on any atom is 0.322 e. The van der Waals surface area contributed by atoms with Gasteiger partial charge in [0.25, 0.3) is 0 Å². The van der Waals surface area contributed by atoms with Crippen molar-refractivity contribution in [3.8, 4) is 0 Å². The van der Waals surface area contributed by atoms with Gasteiger partial charge in [0.1, 0.15) is 0 Å². The van der Waals surface area contributed by atoms with Crippen molar-refractivity contribution in [3.05, 3.63) is 48.5 Å². The molecule has 2 aromatic carbocycles. The van der Waals surface area contributed by atoms with E-state index in [0.717, 1.165) is 99.9 Å². The first kappa shape index (κ1) is 38.4. The Morgan fingerprint density at radius 1 is 0.489 bits per heavy atom. The second-order valence-electron chi connectivity index (χ2n) is 11.3. The van der Waals surface area contributed by atoms with E-state index in [9.17, 15) is 45.1 Å². The second-order valence-corrected chi connectivity index (χ2v) is 17.5. The summed E-state index contributed by atoms with van der Waals surface area (Å²) in [7, 11) is -12.8. The highest BCUT2D eigenvalue weighted by Gasteiger charge is 2.35. The van der Waals surface area contributed by atoms with Crippen LogP contribution in [0.3, 0.4) is 0 Å². The van der Waals surface area contributed by atoms with Crippen molar-refractivity contribution in [2.75, 3.05) is 0 Å². The lowest BCUT2D eigenvalue weighted by atomic mass is 10.1. The van der Waals surface area contributed by atoms with Crippen molar-refractivity contribution >= 4 is 41.5 Å². The summed E-state index contributed by atoms with van der Waals surface area (Å²) in [5.74, 6) is -2.93. The minimum Gasteiger partial charge on any atom is -0.480 e. The van der Waals surface area contributed by atoms with Gasteiger partial charge in [-0.2, -0.15) is 0 Å². The first-order valence-corrected chi connectivity index (χ1v) is 20.2. The summed E-state index contributed by atoms with van der Waals surface area (Å²) in [5.41, 5.74) is 0. The second kappa shape index (κ2) is 17.8. The van der Waals surface area contributed by atoms with Crippen LogP contribution in [0.1, 0.15) is 104 Å². The summed E-state index contributed by atoms with van der Waals surface area (Å²) in [6, 6.07) is 8.48. The molecule has 0 aliphatic rings. The van der Waals surface area contributed by atoms with E-state index < -0.39 is 52.0 Å². The lowest BCUT2D eigenvalue weighted by Gasteiger charge is -2.15. The molecule has 0 spiro atoms. The Morgan fingerprint density at radius 3 is 1.04 bits per heavy atom. The van der Waals surface area contributed by atoms with Crippen LogP contribution in [0.4, 0.5) is 0 Å². The van der Waals surface area contributed by atoms with Crippen LogP contribution >= 0.6 is 0 Å². The molecule has 2 N–H and O–H groups in total. The Hall–Kier alpha value is -2.77. The first-order chi connectivity index (χ1) is 21.2. The van der Waals surface area contributed by atoms with E-state index in [-0.39, 0.29) is 32.4 Å². The molecule has 0 saturated carbocycles. The van der Waals surface area contributed by atoms with Crippen molar-refractivity contribution in [3.63, 3.8) is 0 Å². The van der Waals surface area contributed by atoms with Gasteiger partial charge in [-0.3, -0.25) is 9.59 Å². The zero-order valence-electron chi connectivity index (χ0n) is 26.1. The smallest absolute Gasteiger partial charge is 0.322 e. The van der Waals surface area contributed by atoms with Crippen LogP contribution in [0, 0.1) is 0 Å². The zero-order valence-corrected chi connectivity index (χ0v) is 28.5. The Balaban J connectivity index is 2.19. The molecule has 10 nitrogen and oxygen atoms in total. The van der Waals surface area contributed by atoms with Crippen LogP contribution in [0.25, 0.3) is 0 Å². The Labute approximate surface area is 268 Å². The number of carboxylic acids is 2. The van der Waals surface area contributed by atoms with Gasteiger partial charge in [-0.05, 0) is 61.4 Å². The van der Waals surface area contributed by atoms with E-state index in [4.69, 9.17) is 0 Å². The van der Waals surface area contributed by atoms with Crippen molar-refractivity contribution in [2.24, 2.45) is 0 Å². The fourth-order valence-electron chi connectivity index (χ4n) is 5.12. The number of rotatable bonds is 22. The quantitative estimate of drug-likeness (QED) is 0.130. The highest BCUT2D eigenvalue weighted by Crippen LogP contribution is 2.28. The summed E-state index contributed by atoms with van der Waals surface area (Å²) >= 11 is 0. The molecule has 0 aliphatic heterocycles. The van der Waals surface area contributed by atoms with Crippen molar-refractivity contribution in [1.82, 2.24) is 0 Å². The number of sulfone groups is 3. The fourth-order valence-corrected chi connectivity index (χ4v) is 9.56. The lowest BCUT2D eigenvalue weighted by molar-refractivity contribution is -0.137. The summed E-state index contributed by atoms with van der Waals surface area (Å²) in [6.07, 6.45) is 10.2. The molecular weight excluding hydrogens is 641 g/mol. The van der Waals surface area contributed by atoms with Crippen molar-refractivity contribution < 1.29 is 45.1 Å². The molecule has 0 bridgehead atoms. The van der Waals surface area contributed by atoms with Gasteiger partial charge in [-0.15, -0.1) is 0 Å². The van der Waals surface area contributed by atoms with Crippen LogP contribution in [0.5, 0.6) is 0 Å². The van der Waals surface area contributed by atoms with Crippen LogP contribution in [0.2, 0.25) is 0 Å². The van der Waals surface area contributed by atoms with Gasteiger partial charge in [0.2, 0.25) is 9.84 Å². The van der Waals surface area contributed by atoms with Crippen molar-refractivity contribution in [1.29, 1.82) is 0 Å². The predicted molar refractivity (Wildman–Crippen MR) is 172 cm³/mol. The third kappa shape index (κ3) is 10.6. The molecule has 0 aromatic heterocycles. The number of benzene rings is 2. The monoisotopic (exact) mass is 686 g/mol. The van der Waals surface area contributed by atoms with Gasteiger partial charge in [0.15, 0.2) is 30.2 Å². The first-order valence-electron chi connectivity index (χ1n) is 15.6. The van der Waals surface area contributed by atoms with Crippen LogP contribution in [-0.4, -0.2) is 57.9 Å². The highest BCUT2D eigenvalue weighted by atomic mass is 32.2. The van der Waals surface area contributed by atoms with Gasteiger partial charge in [0.05, 0.1) is 19.6 Å². The molecule has 13 heteroatoms. The minimum absolute atomic E-state index is 0.0548. The SMILES string of the molecule is CCCCCCCCC(C(=O)O)S(=O)(=O)c1ccc(S(=O)(=O)c2ccc(S(=O)(=O)C(CCCCCCCC)C(=O)O)cc2)cc1. The molecule has 0 saturated heterocycles. The summed E-state index contributed by atoms with van der Waals surface area (Å²) < 4.78 is 78.9. The maximum atomic E-state index is 13.3. The molecule has 2 atom stereocenters. The maximum absolute atomic E-state index is 13.3. The summed E-state index contributed by atoms with van der Waals surface area (Å²) in [5, 5.41) is 15.9. The topological polar surface area (TPSA) is 177 Å². The van der Waals surface area contributed by atoms with Gasteiger partial charge >= 0.3 is 11.9 Å². The van der Waals surface area contributed by atoms with Gasteiger partial charge in [0, 0.05) is 0 Å². The Morgan fingerprint density at radius 2 is 0.756 bits per heavy atom. The molecular formula is C32H46O10S3. The van der Waals surface area contributed by atoms with Gasteiger partial charge < -0.3 is 10.2 Å². The molecule has 252 valence electrons. The number of carboxylic acid groups (broad SMARTS) is 2. The Bertz CT molecular complexity index is 1450. The largest absolute Gasteiger partial charge is 0.480 e. The predicted octanol–water partition coefficient (Wildman–Crippen LogP) is 6.47. The van der Waals surface area contributed by atoms with E-state index in [1.807, 2.05) is 0 Å². The van der Waals surface area contributed by atoms with Crippen LogP contribution < -0.4 is 0 Å². The van der Waals surface area contributed by atoms with Gasteiger partial charge in [-0.25, -0.2) is 25.3 Å². The highest BCUT2D eigenvalue weighted by molar-refractivity contribution is 7.93. The molecule has 2 rings (SSSR count). The molecule has 2 aromatic rings. The molecule has 2 unspecified atom stereocenters. The van der Waals surface area contributed by atoms with E-state index in [0.29, 0.717) is 25.7 Å². The van der Waals surface area contributed by atoms with E-state index >= 15 is 0 Å². The van der Waals surface area contributed by atoms with E-state index in [1.165, 1.54) is 0 Å². The van der Waals surface area contributed by atoms with Crippen molar-refractivity contribution in [2.45, 2.75) is 134 Å². The molecule has 0 amide bonds. The summed E-state index contributed by atoms with van der Waals surface area (Å²) in [4.78, 5) is 22.5. The third-order valence-corrected chi connectivity index (χ3v) is 13.9. The normalized spacial score (nSPS) is 13.7. The van der Waals surface area contributed by atoms with E-state index in [2.05, 4.69) is 13.8 Å². The average molecular weight is 687 g/mol. The number of hydrogen-bond acceptors (Lipinski definition) is 8. The Kier molecular flexibility index (Phi) is 15.2. The third-order valence-electron chi connectivity index (χ3n) is 7.86. The van der Waals surface area contributed by atoms with Crippen LogP contribution in [-0.2, 0) is 39.1 Å². The van der Waals surface area contributed by atoms with Crippen LogP contribution in [0.15, 0.2) is 68.1 Å². The summed E-state index contributed by atoms with van der Waals surface area (Å²) in [6.45, 7) is 4.14. The standard InChI is InChI=1S/C32H46O10S3/c1-3-5-7-9-11-13-15-29(31(33)34)44(39,40)27-21-17-25(18-22-27)43(37,38)26-19-23-28(24-20-26)45(41,42)30(32(35)36)16-14-12-10-8-6-4-2/h17-24,29-30H,3-16H2,1-2H3,(H,33,34)(H,35,36). The average Bonchev–Trinajstić information content (AvgIpc) is 2.99. The molecule has 45 heavy (non-hydrogen) atoms. The fraction of sp³-hybridized carbons (Fsp3) is 0.562. The number of carbonyl (C=O) groups is 2. The molecule has 0 radical (unpaired) electrons. The molecule has 0 fully saturated rings. The van der Waals surface area contributed by atoms with E-state index in [1.54, 1.807) is 0 Å². The lowest BCUT2D eigenvalue weighted by Crippen LogP contribution is -2.30. The van der Waals surface area contributed by atoms with Gasteiger partial charge in [-0.1, -0.05) is 90.9 Å². The molecule has 0 aliphatic carbocycles. The zero-order chi connectivity index (χ0) is 33.7. The molecule has 0 heterocycles.